The highest BCUT2D eigenvalue weighted by molar-refractivity contribution is 6.04. The van der Waals surface area contributed by atoms with Crippen LogP contribution in [0.4, 0.5) is 11.5 Å². The first kappa shape index (κ1) is 14.6. The van der Waals surface area contributed by atoms with E-state index in [1.54, 1.807) is 24.3 Å². The number of aromatic nitrogens is 1. The Balaban J connectivity index is 2.25. The Morgan fingerprint density at radius 1 is 1.14 bits per heavy atom. The lowest BCUT2D eigenvalue weighted by atomic mass is 10.2. The molecule has 6 nitrogen and oxygen atoms in total. The summed E-state index contributed by atoms with van der Waals surface area (Å²) in [6.07, 6.45) is 1.51. The van der Waals surface area contributed by atoms with Gasteiger partial charge in [-0.25, -0.2) is 4.98 Å². The Morgan fingerprint density at radius 2 is 1.76 bits per heavy atom. The summed E-state index contributed by atoms with van der Waals surface area (Å²) in [4.78, 5) is 16.3. The van der Waals surface area contributed by atoms with Crippen LogP contribution in [0.15, 0.2) is 30.5 Å². The second-order valence-electron chi connectivity index (χ2n) is 4.48. The molecular weight excluding hydrogens is 270 g/mol. The summed E-state index contributed by atoms with van der Waals surface area (Å²) >= 11 is 0. The Hall–Kier alpha value is -2.76. The van der Waals surface area contributed by atoms with Gasteiger partial charge in [-0.05, 0) is 30.7 Å². The maximum atomic E-state index is 12.3. The molecule has 0 fully saturated rings. The van der Waals surface area contributed by atoms with Crippen LogP contribution in [0.5, 0.6) is 11.5 Å². The standard InChI is InChI=1S/C15H17N3O3/c1-9-4-14(17-8-13(9)16)18-15(19)10-5-11(20-2)7-12(6-10)21-3/h4-8H,16H2,1-3H3,(H,17,18,19). The maximum Gasteiger partial charge on any atom is 0.257 e. The summed E-state index contributed by atoms with van der Waals surface area (Å²) in [6, 6.07) is 6.66. The fourth-order valence-electron chi connectivity index (χ4n) is 1.76. The summed E-state index contributed by atoms with van der Waals surface area (Å²) in [5, 5.41) is 2.71. The number of anilines is 2. The minimum atomic E-state index is -0.302. The number of carbonyl (C=O) groups excluding carboxylic acids is 1. The predicted octanol–water partition coefficient (Wildman–Crippen LogP) is 2.24. The number of hydrogen-bond acceptors (Lipinski definition) is 5. The topological polar surface area (TPSA) is 86.5 Å². The SMILES string of the molecule is COc1cc(OC)cc(C(=O)Nc2cc(C)c(N)cn2)c1. The van der Waals surface area contributed by atoms with E-state index < -0.39 is 0 Å². The van der Waals surface area contributed by atoms with Crippen molar-refractivity contribution in [3.05, 3.63) is 41.6 Å². The minimum absolute atomic E-state index is 0.302. The molecular formula is C15H17N3O3. The molecule has 0 atom stereocenters. The highest BCUT2D eigenvalue weighted by Crippen LogP contribution is 2.23. The molecule has 6 heteroatoms. The number of rotatable bonds is 4. The molecule has 0 saturated heterocycles. The van der Waals surface area contributed by atoms with E-state index in [-0.39, 0.29) is 5.91 Å². The van der Waals surface area contributed by atoms with Gasteiger partial charge in [0.25, 0.3) is 5.91 Å². The zero-order chi connectivity index (χ0) is 15.4. The molecule has 0 aliphatic rings. The number of nitrogen functional groups attached to an aromatic ring is 1. The van der Waals surface area contributed by atoms with Gasteiger partial charge in [0.1, 0.15) is 17.3 Å². The molecule has 1 aromatic carbocycles. The molecule has 1 aromatic heterocycles. The van der Waals surface area contributed by atoms with E-state index in [9.17, 15) is 4.79 Å². The van der Waals surface area contributed by atoms with Crippen LogP contribution in [0.25, 0.3) is 0 Å². The van der Waals surface area contributed by atoms with Crippen LogP contribution in [-0.2, 0) is 0 Å². The van der Waals surface area contributed by atoms with Gasteiger partial charge in [-0.1, -0.05) is 0 Å². The van der Waals surface area contributed by atoms with E-state index in [2.05, 4.69) is 10.3 Å². The smallest absolute Gasteiger partial charge is 0.257 e. The van der Waals surface area contributed by atoms with Crippen molar-refractivity contribution >= 4 is 17.4 Å². The van der Waals surface area contributed by atoms with Crippen molar-refractivity contribution in [3.8, 4) is 11.5 Å². The van der Waals surface area contributed by atoms with Crippen molar-refractivity contribution in [1.29, 1.82) is 0 Å². The summed E-state index contributed by atoms with van der Waals surface area (Å²) in [5.74, 6) is 1.22. The quantitative estimate of drug-likeness (QED) is 0.900. The summed E-state index contributed by atoms with van der Waals surface area (Å²) in [5.41, 5.74) is 7.55. The molecule has 1 heterocycles. The second kappa shape index (κ2) is 6.13. The van der Waals surface area contributed by atoms with Gasteiger partial charge in [0.2, 0.25) is 0 Å². The van der Waals surface area contributed by atoms with Gasteiger partial charge in [0.15, 0.2) is 0 Å². The molecule has 2 rings (SSSR count). The number of methoxy groups -OCH3 is 2. The zero-order valence-corrected chi connectivity index (χ0v) is 12.1. The third kappa shape index (κ3) is 3.42. The summed E-state index contributed by atoms with van der Waals surface area (Å²) in [6.45, 7) is 1.85. The highest BCUT2D eigenvalue weighted by Gasteiger charge is 2.11. The molecule has 2 aromatic rings. The Labute approximate surface area is 122 Å². The highest BCUT2D eigenvalue weighted by atomic mass is 16.5. The average Bonchev–Trinajstić information content (AvgIpc) is 2.50. The van der Waals surface area contributed by atoms with Crippen molar-refractivity contribution in [2.45, 2.75) is 6.92 Å². The van der Waals surface area contributed by atoms with Crippen molar-refractivity contribution in [2.24, 2.45) is 0 Å². The number of carbonyl (C=O) groups is 1. The third-order valence-electron chi connectivity index (χ3n) is 3.01. The lowest BCUT2D eigenvalue weighted by Gasteiger charge is -2.09. The molecule has 0 spiro atoms. The van der Waals surface area contributed by atoms with Crippen molar-refractivity contribution in [3.63, 3.8) is 0 Å². The fourth-order valence-corrected chi connectivity index (χ4v) is 1.76. The lowest BCUT2D eigenvalue weighted by Crippen LogP contribution is -2.13. The van der Waals surface area contributed by atoms with Crippen molar-refractivity contribution in [1.82, 2.24) is 4.98 Å². The number of pyridine rings is 1. The first-order valence-electron chi connectivity index (χ1n) is 6.30. The molecule has 0 saturated carbocycles. The normalized spacial score (nSPS) is 10.0. The van der Waals surface area contributed by atoms with Crippen LogP contribution >= 0.6 is 0 Å². The summed E-state index contributed by atoms with van der Waals surface area (Å²) < 4.78 is 10.3. The molecule has 0 aliphatic carbocycles. The number of nitrogens with two attached hydrogens (primary N) is 1. The van der Waals surface area contributed by atoms with E-state index in [0.717, 1.165) is 5.56 Å². The van der Waals surface area contributed by atoms with Gasteiger partial charge < -0.3 is 20.5 Å². The van der Waals surface area contributed by atoms with Crippen LogP contribution in [0.3, 0.4) is 0 Å². The van der Waals surface area contributed by atoms with Crippen LogP contribution < -0.4 is 20.5 Å². The van der Waals surface area contributed by atoms with E-state index in [1.807, 2.05) is 6.92 Å². The van der Waals surface area contributed by atoms with Gasteiger partial charge in [0.05, 0.1) is 26.1 Å². The van der Waals surface area contributed by atoms with E-state index in [0.29, 0.717) is 28.6 Å². The van der Waals surface area contributed by atoms with Crippen LogP contribution in [0, 0.1) is 6.92 Å². The number of ether oxygens (including phenoxy) is 2. The number of hydrogen-bond donors (Lipinski definition) is 2. The fraction of sp³-hybridized carbons (Fsp3) is 0.200. The first-order chi connectivity index (χ1) is 10.0. The number of nitrogens with one attached hydrogen (secondary N) is 1. The van der Waals surface area contributed by atoms with Gasteiger partial charge in [-0.3, -0.25) is 4.79 Å². The minimum Gasteiger partial charge on any atom is -0.497 e. The van der Waals surface area contributed by atoms with Crippen LogP contribution in [-0.4, -0.2) is 25.1 Å². The Morgan fingerprint density at radius 3 is 2.29 bits per heavy atom. The maximum absolute atomic E-state index is 12.3. The van der Waals surface area contributed by atoms with E-state index >= 15 is 0 Å². The van der Waals surface area contributed by atoms with Gasteiger partial charge >= 0.3 is 0 Å². The van der Waals surface area contributed by atoms with Crippen molar-refractivity contribution in [2.75, 3.05) is 25.3 Å². The Kier molecular flexibility index (Phi) is 4.27. The molecule has 110 valence electrons. The van der Waals surface area contributed by atoms with Gasteiger partial charge in [0, 0.05) is 11.6 Å². The first-order valence-corrected chi connectivity index (χ1v) is 6.30. The zero-order valence-electron chi connectivity index (χ0n) is 12.1. The van der Waals surface area contributed by atoms with Crippen LogP contribution in [0.1, 0.15) is 15.9 Å². The molecule has 1 amide bonds. The Bertz CT molecular complexity index is 649. The van der Waals surface area contributed by atoms with Crippen molar-refractivity contribution < 1.29 is 14.3 Å². The third-order valence-corrected chi connectivity index (χ3v) is 3.01. The molecule has 21 heavy (non-hydrogen) atoms. The largest absolute Gasteiger partial charge is 0.497 e. The number of benzene rings is 1. The molecule has 0 radical (unpaired) electrons. The molecule has 0 unspecified atom stereocenters. The van der Waals surface area contributed by atoms with E-state index in [4.69, 9.17) is 15.2 Å². The molecule has 3 N–H and O–H groups in total. The predicted molar refractivity (Wildman–Crippen MR) is 80.9 cm³/mol. The van der Waals surface area contributed by atoms with E-state index in [1.165, 1.54) is 20.4 Å². The average molecular weight is 287 g/mol. The summed E-state index contributed by atoms with van der Waals surface area (Å²) in [7, 11) is 3.06. The van der Waals surface area contributed by atoms with Gasteiger partial charge in [-0.15, -0.1) is 0 Å². The molecule has 0 aliphatic heterocycles. The lowest BCUT2D eigenvalue weighted by molar-refractivity contribution is 0.102. The second-order valence-corrected chi connectivity index (χ2v) is 4.48. The van der Waals surface area contributed by atoms with Gasteiger partial charge in [-0.2, -0.15) is 0 Å². The monoisotopic (exact) mass is 287 g/mol. The number of amides is 1. The molecule has 0 bridgehead atoms. The van der Waals surface area contributed by atoms with Crippen LogP contribution in [0.2, 0.25) is 0 Å². The number of nitrogens with zero attached hydrogens (tertiary/aromatic N) is 1. The number of aryl methyl sites for hydroxylation is 1.